The van der Waals surface area contributed by atoms with Crippen molar-refractivity contribution in [1.29, 1.82) is 0 Å². The summed E-state index contributed by atoms with van der Waals surface area (Å²) in [5.41, 5.74) is 0. The first-order valence-corrected chi connectivity index (χ1v) is 6.55. The number of nitrogens with one attached hydrogen (secondary N) is 1. The van der Waals surface area contributed by atoms with Crippen molar-refractivity contribution in [2.45, 2.75) is 12.8 Å². The molecular formula is C12H21N3O3. The summed E-state index contributed by atoms with van der Waals surface area (Å²) in [6.07, 6.45) is 1.78. The zero-order valence-corrected chi connectivity index (χ0v) is 10.9. The molecule has 102 valence electrons. The van der Waals surface area contributed by atoms with E-state index in [9.17, 15) is 9.59 Å². The number of carbonyl (C=O) groups is 2. The first-order chi connectivity index (χ1) is 8.72. The number of hydrogen-bond acceptors (Lipinski definition) is 3. The Morgan fingerprint density at radius 3 is 2.56 bits per heavy atom. The summed E-state index contributed by atoms with van der Waals surface area (Å²) in [6.45, 7) is 3.88. The molecule has 6 heteroatoms. The predicted octanol–water partition coefficient (Wildman–Crippen LogP) is -0.103. The fraction of sp³-hybridized carbons (Fsp3) is 0.833. The van der Waals surface area contributed by atoms with E-state index in [-0.39, 0.29) is 17.9 Å². The van der Waals surface area contributed by atoms with Crippen molar-refractivity contribution in [2.75, 3.05) is 46.4 Å². The van der Waals surface area contributed by atoms with Gasteiger partial charge in [-0.25, -0.2) is 4.79 Å². The number of nitrogens with zero attached hydrogens (tertiary/aromatic N) is 2. The van der Waals surface area contributed by atoms with Crippen molar-refractivity contribution < 1.29 is 14.3 Å². The van der Waals surface area contributed by atoms with Crippen LogP contribution in [0, 0.1) is 5.92 Å². The highest BCUT2D eigenvalue weighted by atomic mass is 16.5. The Balaban J connectivity index is 1.91. The van der Waals surface area contributed by atoms with Crippen molar-refractivity contribution in [3.05, 3.63) is 0 Å². The number of likely N-dealkylation sites (tertiary alicyclic amines) is 1. The zero-order chi connectivity index (χ0) is 13.0. The van der Waals surface area contributed by atoms with Crippen LogP contribution >= 0.6 is 0 Å². The fourth-order valence-electron chi connectivity index (χ4n) is 2.56. The maximum absolute atomic E-state index is 12.3. The minimum Gasteiger partial charge on any atom is -0.378 e. The van der Waals surface area contributed by atoms with E-state index in [0.717, 1.165) is 19.4 Å². The molecule has 3 amide bonds. The van der Waals surface area contributed by atoms with Gasteiger partial charge in [0.1, 0.15) is 0 Å². The van der Waals surface area contributed by atoms with E-state index in [2.05, 4.69) is 5.32 Å². The molecule has 2 rings (SSSR count). The molecule has 0 aromatic carbocycles. The maximum atomic E-state index is 12.3. The van der Waals surface area contributed by atoms with Crippen LogP contribution in [0.4, 0.5) is 4.79 Å². The number of hydrogen-bond donors (Lipinski definition) is 1. The van der Waals surface area contributed by atoms with Gasteiger partial charge in [0.15, 0.2) is 0 Å². The molecule has 0 aromatic rings. The quantitative estimate of drug-likeness (QED) is 0.711. The molecule has 1 unspecified atom stereocenters. The molecule has 2 fully saturated rings. The second-order valence-corrected chi connectivity index (χ2v) is 4.78. The van der Waals surface area contributed by atoms with Gasteiger partial charge in [0, 0.05) is 33.2 Å². The number of morpholine rings is 1. The largest absolute Gasteiger partial charge is 0.378 e. The van der Waals surface area contributed by atoms with E-state index in [1.54, 1.807) is 11.9 Å². The van der Waals surface area contributed by atoms with Crippen LogP contribution in [0.5, 0.6) is 0 Å². The summed E-state index contributed by atoms with van der Waals surface area (Å²) in [5.74, 6) is 0.126. The first kappa shape index (κ1) is 13.1. The van der Waals surface area contributed by atoms with E-state index in [0.29, 0.717) is 32.8 Å². The molecule has 18 heavy (non-hydrogen) atoms. The van der Waals surface area contributed by atoms with Crippen LogP contribution in [0.2, 0.25) is 0 Å². The smallest absolute Gasteiger partial charge is 0.317 e. The maximum Gasteiger partial charge on any atom is 0.317 e. The van der Waals surface area contributed by atoms with Gasteiger partial charge < -0.3 is 19.9 Å². The second kappa shape index (κ2) is 6.04. The Morgan fingerprint density at radius 1 is 1.17 bits per heavy atom. The summed E-state index contributed by atoms with van der Waals surface area (Å²) in [5, 5.41) is 2.62. The Morgan fingerprint density at radius 2 is 1.89 bits per heavy atom. The molecule has 0 radical (unpaired) electrons. The molecule has 2 aliphatic rings. The Labute approximate surface area is 107 Å². The van der Waals surface area contributed by atoms with Gasteiger partial charge in [-0.2, -0.15) is 0 Å². The van der Waals surface area contributed by atoms with Gasteiger partial charge in [-0.1, -0.05) is 0 Å². The topological polar surface area (TPSA) is 61.9 Å². The lowest BCUT2D eigenvalue weighted by molar-refractivity contribution is -0.141. The lowest BCUT2D eigenvalue weighted by Gasteiger charge is -2.36. The van der Waals surface area contributed by atoms with Crippen LogP contribution in [0.15, 0.2) is 0 Å². The number of rotatable bonds is 1. The average Bonchev–Trinajstić information content (AvgIpc) is 2.46. The van der Waals surface area contributed by atoms with Gasteiger partial charge in [0.2, 0.25) is 5.91 Å². The molecule has 0 aromatic heterocycles. The van der Waals surface area contributed by atoms with Gasteiger partial charge in [-0.15, -0.1) is 0 Å². The third-order valence-electron chi connectivity index (χ3n) is 3.59. The number of urea groups is 1. The molecule has 2 saturated heterocycles. The van der Waals surface area contributed by atoms with Crippen molar-refractivity contribution in [1.82, 2.24) is 15.1 Å². The van der Waals surface area contributed by atoms with Crippen LogP contribution in [-0.4, -0.2) is 68.2 Å². The van der Waals surface area contributed by atoms with Gasteiger partial charge in [0.25, 0.3) is 0 Å². The van der Waals surface area contributed by atoms with Crippen molar-refractivity contribution in [2.24, 2.45) is 5.92 Å². The van der Waals surface area contributed by atoms with Crippen LogP contribution < -0.4 is 5.32 Å². The van der Waals surface area contributed by atoms with Crippen molar-refractivity contribution in [3.8, 4) is 0 Å². The van der Waals surface area contributed by atoms with Crippen molar-refractivity contribution in [3.63, 3.8) is 0 Å². The highest BCUT2D eigenvalue weighted by Gasteiger charge is 2.31. The monoisotopic (exact) mass is 255 g/mol. The van der Waals surface area contributed by atoms with Gasteiger partial charge in [-0.3, -0.25) is 4.79 Å². The fourth-order valence-corrected chi connectivity index (χ4v) is 2.56. The molecule has 0 bridgehead atoms. The molecule has 0 spiro atoms. The predicted molar refractivity (Wildman–Crippen MR) is 66.2 cm³/mol. The molecule has 6 nitrogen and oxygen atoms in total. The number of carbonyl (C=O) groups excluding carboxylic acids is 2. The van der Waals surface area contributed by atoms with Gasteiger partial charge in [0.05, 0.1) is 19.1 Å². The Kier molecular flexibility index (Phi) is 4.41. The second-order valence-electron chi connectivity index (χ2n) is 4.78. The first-order valence-electron chi connectivity index (χ1n) is 6.55. The highest BCUT2D eigenvalue weighted by Crippen LogP contribution is 2.19. The van der Waals surface area contributed by atoms with Crippen LogP contribution in [0.3, 0.4) is 0 Å². The van der Waals surface area contributed by atoms with Crippen molar-refractivity contribution >= 4 is 11.9 Å². The van der Waals surface area contributed by atoms with Gasteiger partial charge >= 0.3 is 6.03 Å². The molecule has 1 N–H and O–H groups in total. The molecule has 0 saturated carbocycles. The summed E-state index contributed by atoms with van der Waals surface area (Å²) in [6, 6.07) is -0.0884. The lowest BCUT2D eigenvalue weighted by Crippen LogP contribution is -2.51. The standard InChI is InChI=1S/C12H21N3O3/c1-13-12(17)15-4-2-3-10(9-15)11(16)14-5-7-18-8-6-14/h10H,2-9H2,1H3,(H,13,17). The third-order valence-corrected chi connectivity index (χ3v) is 3.59. The van der Waals surface area contributed by atoms with Crippen LogP contribution in [-0.2, 0) is 9.53 Å². The van der Waals surface area contributed by atoms with E-state index < -0.39 is 0 Å². The SMILES string of the molecule is CNC(=O)N1CCCC(C(=O)N2CCOCC2)C1. The minimum absolute atomic E-state index is 0.0471. The van der Waals surface area contributed by atoms with E-state index in [1.165, 1.54) is 0 Å². The molecule has 2 heterocycles. The highest BCUT2D eigenvalue weighted by molar-refractivity contribution is 5.81. The molecular weight excluding hydrogens is 234 g/mol. The van der Waals surface area contributed by atoms with E-state index in [1.807, 2.05) is 4.90 Å². The van der Waals surface area contributed by atoms with E-state index >= 15 is 0 Å². The molecule has 1 atom stereocenters. The Bertz CT molecular complexity index is 316. The Hall–Kier alpha value is -1.30. The number of amides is 3. The minimum atomic E-state index is -0.0884. The zero-order valence-electron chi connectivity index (χ0n) is 10.9. The summed E-state index contributed by atoms with van der Waals surface area (Å²) in [4.78, 5) is 27.5. The normalized spacial score (nSPS) is 24.8. The van der Waals surface area contributed by atoms with Crippen LogP contribution in [0.1, 0.15) is 12.8 Å². The summed E-state index contributed by atoms with van der Waals surface area (Å²) >= 11 is 0. The molecule has 0 aliphatic carbocycles. The third kappa shape index (κ3) is 2.93. The number of ether oxygens (including phenoxy) is 1. The summed E-state index contributed by atoms with van der Waals surface area (Å²) < 4.78 is 5.25. The molecule has 2 aliphatic heterocycles. The summed E-state index contributed by atoms with van der Waals surface area (Å²) in [7, 11) is 1.62. The van der Waals surface area contributed by atoms with Crippen LogP contribution in [0.25, 0.3) is 0 Å². The van der Waals surface area contributed by atoms with Gasteiger partial charge in [-0.05, 0) is 12.8 Å². The lowest BCUT2D eigenvalue weighted by atomic mass is 9.96. The van der Waals surface area contributed by atoms with E-state index in [4.69, 9.17) is 4.74 Å². The number of piperidine rings is 1. The average molecular weight is 255 g/mol.